The highest BCUT2D eigenvalue weighted by atomic mass is 35.5. The standard InChI is InChI=1S/C21H19ClF3N3/c22-17-7-5-15(6-8-17)14-1-3-16(4-2-14)20-18-9-11-26-12-10-19(18)27-28(20)13-21(23,24)25/h1-8,26H,9-13H2. The number of nitrogens with one attached hydrogen (secondary N) is 1. The van der Waals surface area contributed by atoms with Crippen LogP contribution >= 0.6 is 11.6 Å². The second kappa shape index (κ2) is 7.60. The maximum absolute atomic E-state index is 13.1. The van der Waals surface area contributed by atoms with Crippen molar-refractivity contribution in [1.29, 1.82) is 0 Å². The third-order valence-corrected chi connectivity index (χ3v) is 5.14. The molecule has 0 bridgehead atoms. The van der Waals surface area contributed by atoms with Crippen molar-refractivity contribution in [2.45, 2.75) is 25.6 Å². The molecular weight excluding hydrogens is 387 g/mol. The van der Waals surface area contributed by atoms with Crippen LogP contribution in [0.15, 0.2) is 48.5 Å². The van der Waals surface area contributed by atoms with Crippen molar-refractivity contribution in [3.05, 3.63) is 64.8 Å². The van der Waals surface area contributed by atoms with Crippen LogP contribution in [0.3, 0.4) is 0 Å². The van der Waals surface area contributed by atoms with Gasteiger partial charge in [-0.05, 0) is 36.2 Å². The third-order valence-electron chi connectivity index (χ3n) is 4.89. The van der Waals surface area contributed by atoms with E-state index in [2.05, 4.69) is 10.4 Å². The van der Waals surface area contributed by atoms with Gasteiger partial charge in [-0.15, -0.1) is 0 Å². The Labute approximate surface area is 166 Å². The fraction of sp³-hybridized carbons (Fsp3) is 0.286. The summed E-state index contributed by atoms with van der Waals surface area (Å²) in [4.78, 5) is 0. The Balaban J connectivity index is 1.74. The highest BCUT2D eigenvalue weighted by molar-refractivity contribution is 6.30. The van der Waals surface area contributed by atoms with E-state index in [1.165, 1.54) is 0 Å². The van der Waals surface area contributed by atoms with Gasteiger partial charge in [0.05, 0.1) is 11.4 Å². The van der Waals surface area contributed by atoms with Crippen molar-refractivity contribution < 1.29 is 13.2 Å². The van der Waals surface area contributed by atoms with Gasteiger partial charge in [-0.25, -0.2) is 0 Å². The van der Waals surface area contributed by atoms with Crippen LogP contribution < -0.4 is 5.32 Å². The minimum absolute atomic E-state index is 0.568. The summed E-state index contributed by atoms with van der Waals surface area (Å²) in [6.45, 7) is 0.382. The molecular formula is C21H19ClF3N3. The number of halogens is 4. The number of rotatable bonds is 3. The summed E-state index contributed by atoms with van der Waals surface area (Å²) in [5.41, 5.74) is 4.97. The molecule has 0 radical (unpaired) electrons. The molecule has 4 rings (SSSR count). The minimum Gasteiger partial charge on any atom is -0.316 e. The van der Waals surface area contributed by atoms with Crippen molar-refractivity contribution in [3.63, 3.8) is 0 Å². The van der Waals surface area contributed by atoms with Gasteiger partial charge < -0.3 is 5.32 Å². The zero-order chi connectivity index (χ0) is 19.7. The average Bonchev–Trinajstić information content (AvgIpc) is 2.82. The van der Waals surface area contributed by atoms with Gasteiger partial charge in [-0.1, -0.05) is 48.0 Å². The molecule has 1 aliphatic heterocycles. The number of hydrogen-bond acceptors (Lipinski definition) is 2. The molecule has 0 aliphatic carbocycles. The SMILES string of the molecule is FC(F)(F)Cn1nc2c(c1-c1ccc(-c3ccc(Cl)cc3)cc1)CCNCC2. The summed E-state index contributed by atoms with van der Waals surface area (Å²) in [5, 5.41) is 8.24. The molecule has 1 aliphatic rings. The van der Waals surface area contributed by atoms with Crippen molar-refractivity contribution in [3.8, 4) is 22.4 Å². The molecule has 0 atom stereocenters. The Morgan fingerprint density at radius 3 is 2.11 bits per heavy atom. The van der Waals surface area contributed by atoms with Crippen molar-refractivity contribution >= 4 is 11.6 Å². The molecule has 3 nitrogen and oxygen atoms in total. The lowest BCUT2D eigenvalue weighted by Gasteiger charge is -2.13. The highest BCUT2D eigenvalue weighted by Crippen LogP contribution is 2.32. The first kappa shape index (κ1) is 19.0. The van der Waals surface area contributed by atoms with Gasteiger partial charge in [0.25, 0.3) is 0 Å². The van der Waals surface area contributed by atoms with Crippen molar-refractivity contribution in [2.75, 3.05) is 13.1 Å². The normalized spacial score (nSPS) is 14.6. The van der Waals surface area contributed by atoms with Crippen LogP contribution in [0.25, 0.3) is 22.4 Å². The Morgan fingerprint density at radius 2 is 1.46 bits per heavy atom. The molecule has 0 saturated heterocycles. The van der Waals surface area contributed by atoms with E-state index in [0.29, 0.717) is 23.6 Å². The van der Waals surface area contributed by atoms with E-state index >= 15 is 0 Å². The van der Waals surface area contributed by atoms with Gasteiger partial charge in [0.1, 0.15) is 6.54 Å². The molecule has 0 fully saturated rings. The summed E-state index contributed by atoms with van der Waals surface area (Å²) in [7, 11) is 0. The van der Waals surface area contributed by atoms with Crippen molar-refractivity contribution in [2.24, 2.45) is 0 Å². The summed E-state index contributed by atoms with van der Waals surface area (Å²) < 4.78 is 40.5. The molecule has 1 aromatic heterocycles. The Bertz CT molecular complexity index is 960. The van der Waals surface area contributed by atoms with Crippen LogP contribution in [0.5, 0.6) is 0 Å². The molecule has 0 saturated carbocycles. The van der Waals surface area contributed by atoms with Crippen LogP contribution in [0.1, 0.15) is 11.3 Å². The molecule has 28 heavy (non-hydrogen) atoms. The predicted octanol–water partition coefficient (Wildman–Crippen LogP) is 5.12. The lowest BCUT2D eigenvalue weighted by molar-refractivity contribution is -0.142. The molecule has 1 N–H and O–H groups in total. The lowest BCUT2D eigenvalue weighted by atomic mass is 9.99. The lowest BCUT2D eigenvalue weighted by Crippen LogP contribution is -2.21. The van der Waals surface area contributed by atoms with Gasteiger partial charge in [0.2, 0.25) is 0 Å². The number of benzene rings is 2. The Kier molecular flexibility index (Phi) is 5.17. The summed E-state index contributed by atoms with van der Waals surface area (Å²) in [6.07, 6.45) is -3.02. The zero-order valence-corrected chi connectivity index (χ0v) is 15.8. The van der Waals surface area contributed by atoms with E-state index in [1.54, 1.807) is 0 Å². The van der Waals surface area contributed by atoms with Crippen LogP contribution in [-0.2, 0) is 19.4 Å². The van der Waals surface area contributed by atoms with E-state index in [1.807, 2.05) is 48.5 Å². The molecule has 2 aromatic carbocycles. The summed E-state index contributed by atoms with van der Waals surface area (Å²) in [5.74, 6) is 0. The first-order valence-electron chi connectivity index (χ1n) is 9.13. The maximum atomic E-state index is 13.1. The fourth-order valence-electron chi connectivity index (χ4n) is 3.63. The quantitative estimate of drug-likeness (QED) is 0.655. The number of hydrogen-bond donors (Lipinski definition) is 1. The third kappa shape index (κ3) is 4.08. The Hall–Kier alpha value is -2.31. The van der Waals surface area contributed by atoms with Gasteiger partial charge in [-0.3, -0.25) is 4.68 Å². The van der Waals surface area contributed by atoms with Crippen LogP contribution in [0.2, 0.25) is 5.02 Å². The fourth-order valence-corrected chi connectivity index (χ4v) is 3.75. The van der Waals surface area contributed by atoms with E-state index in [0.717, 1.165) is 45.7 Å². The largest absolute Gasteiger partial charge is 0.408 e. The number of alkyl halides is 3. The van der Waals surface area contributed by atoms with Gasteiger partial charge in [0.15, 0.2) is 0 Å². The summed E-state index contributed by atoms with van der Waals surface area (Å²) >= 11 is 5.94. The molecule has 0 unspecified atom stereocenters. The molecule has 2 heterocycles. The molecule has 0 spiro atoms. The van der Waals surface area contributed by atoms with Gasteiger partial charge in [0, 0.05) is 29.1 Å². The Morgan fingerprint density at radius 1 is 0.893 bits per heavy atom. The number of aromatic nitrogens is 2. The van der Waals surface area contributed by atoms with E-state index in [4.69, 9.17) is 11.6 Å². The van der Waals surface area contributed by atoms with Gasteiger partial charge in [-0.2, -0.15) is 18.3 Å². The smallest absolute Gasteiger partial charge is 0.316 e. The first-order valence-corrected chi connectivity index (χ1v) is 9.51. The zero-order valence-electron chi connectivity index (χ0n) is 15.1. The topological polar surface area (TPSA) is 29.9 Å². The second-order valence-electron chi connectivity index (χ2n) is 6.88. The van der Waals surface area contributed by atoms with E-state index in [-0.39, 0.29) is 0 Å². The van der Waals surface area contributed by atoms with Crippen LogP contribution in [-0.4, -0.2) is 29.0 Å². The average molecular weight is 406 g/mol. The molecule has 3 aromatic rings. The molecule has 7 heteroatoms. The predicted molar refractivity (Wildman–Crippen MR) is 104 cm³/mol. The molecule has 146 valence electrons. The van der Waals surface area contributed by atoms with E-state index < -0.39 is 12.7 Å². The van der Waals surface area contributed by atoms with Gasteiger partial charge >= 0.3 is 6.18 Å². The first-order chi connectivity index (χ1) is 13.4. The molecule has 0 amide bonds. The maximum Gasteiger partial charge on any atom is 0.408 e. The van der Waals surface area contributed by atoms with Crippen LogP contribution in [0, 0.1) is 0 Å². The monoisotopic (exact) mass is 405 g/mol. The van der Waals surface area contributed by atoms with Crippen molar-refractivity contribution in [1.82, 2.24) is 15.1 Å². The number of fused-ring (bicyclic) bond motifs is 1. The highest BCUT2D eigenvalue weighted by Gasteiger charge is 2.32. The number of nitrogens with zero attached hydrogens (tertiary/aromatic N) is 2. The summed E-state index contributed by atoms with van der Waals surface area (Å²) in [6, 6.07) is 15.0. The minimum atomic E-state index is -4.32. The van der Waals surface area contributed by atoms with Crippen LogP contribution in [0.4, 0.5) is 13.2 Å². The second-order valence-corrected chi connectivity index (χ2v) is 7.32. The van der Waals surface area contributed by atoms with E-state index in [9.17, 15) is 13.2 Å².